The maximum atomic E-state index is 11.6. The van der Waals surface area contributed by atoms with Crippen LogP contribution in [0.4, 0.5) is 5.82 Å². The molecule has 1 saturated heterocycles. The molecule has 0 unspecified atom stereocenters. The van der Waals surface area contributed by atoms with Crippen molar-refractivity contribution in [1.82, 2.24) is 20.1 Å². The minimum absolute atomic E-state index is 0. The van der Waals surface area contributed by atoms with Gasteiger partial charge in [0.15, 0.2) is 5.96 Å². The summed E-state index contributed by atoms with van der Waals surface area (Å²) in [5.74, 6) is 1.98. The average Bonchev–Trinajstić information content (AvgIpc) is 2.70. The van der Waals surface area contributed by atoms with Gasteiger partial charge in [-0.2, -0.15) is 0 Å². The largest absolute Gasteiger partial charge is 0.363 e. The molecule has 1 fully saturated rings. The molecule has 1 aliphatic heterocycles. The van der Waals surface area contributed by atoms with Gasteiger partial charge < -0.3 is 20.0 Å². The van der Waals surface area contributed by atoms with Gasteiger partial charge in [0, 0.05) is 59.1 Å². The van der Waals surface area contributed by atoms with Crippen molar-refractivity contribution in [3.05, 3.63) is 35.9 Å². The molecule has 1 aromatic heterocycles. The zero-order valence-corrected chi connectivity index (χ0v) is 20.0. The van der Waals surface area contributed by atoms with E-state index >= 15 is 0 Å². The highest BCUT2D eigenvalue weighted by Crippen LogP contribution is 2.23. The number of amides is 1. The summed E-state index contributed by atoms with van der Waals surface area (Å²) in [6.45, 7) is 8.17. The molecule has 1 amide bonds. The lowest BCUT2D eigenvalue weighted by Gasteiger charge is -2.36. The fraction of sp³-hybridized carbons (Fsp3) is 0.476. The topological polar surface area (TPSA) is 64.1 Å². The molecule has 0 atom stereocenters. The number of aromatic nitrogens is 1. The van der Waals surface area contributed by atoms with Crippen LogP contribution in [0.5, 0.6) is 0 Å². The SMILES string of the molecule is CCNC(=NCc1cc(N(C)C)nc2ccccc12)N1CCN(C(C)=O)CC1.I. The van der Waals surface area contributed by atoms with Crippen LogP contribution in [0.2, 0.25) is 0 Å². The standard InChI is InChI=1S/C21H30N6O.HI/c1-5-22-21(27-12-10-26(11-13-27)16(2)28)23-15-17-14-20(25(3)4)24-19-9-7-6-8-18(17)19;/h6-9,14H,5,10-13,15H2,1-4H3,(H,22,23);1H. The van der Waals surface area contributed by atoms with Crippen molar-refractivity contribution in [3.8, 4) is 0 Å². The van der Waals surface area contributed by atoms with Gasteiger partial charge in [-0.05, 0) is 24.6 Å². The lowest BCUT2D eigenvalue weighted by Crippen LogP contribution is -2.53. The summed E-state index contributed by atoms with van der Waals surface area (Å²) < 4.78 is 0. The van der Waals surface area contributed by atoms with Crippen molar-refractivity contribution in [2.45, 2.75) is 20.4 Å². The summed E-state index contributed by atoms with van der Waals surface area (Å²) in [5.41, 5.74) is 2.14. The minimum Gasteiger partial charge on any atom is -0.363 e. The molecule has 2 aromatic rings. The number of nitrogens with zero attached hydrogens (tertiary/aromatic N) is 5. The Morgan fingerprint density at radius 2 is 1.83 bits per heavy atom. The number of piperazine rings is 1. The average molecular weight is 510 g/mol. The maximum absolute atomic E-state index is 11.6. The number of nitrogens with one attached hydrogen (secondary N) is 1. The predicted octanol–water partition coefficient (Wildman–Crippen LogP) is 2.55. The second-order valence-corrected chi connectivity index (χ2v) is 7.21. The molecule has 0 saturated carbocycles. The summed E-state index contributed by atoms with van der Waals surface area (Å²) in [6.07, 6.45) is 0. The van der Waals surface area contributed by atoms with Gasteiger partial charge >= 0.3 is 0 Å². The number of aliphatic imine (C=N–C) groups is 1. The molecule has 0 aliphatic carbocycles. The monoisotopic (exact) mass is 510 g/mol. The van der Waals surface area contributed by atoms with Crippen LogP contribution in [0.15, 0.2) is 35.3 Å². The Labute approximate surface area is 190 Å². The number of guanidine groups is 1. The Bertz CT molecular complexity index is 861. The second-order valence-electron chi connectivity index (χ2n) is 7.21. The smallest absolute Gasteiger partial charge is 0.219 e. The number of hydrogen-bond acceptors (Lipinski definition) is 4. The summed E-state index contributed by atoms with van der Waals surface area (Å²) in [4.78, 5) is 27.4. The lowest BCUT2D eigenvalue weighted by molar-refractivity contribution is -0.130. The van der Waals surface area contributed by atoms with E-state index in [2.05, 4.69) is 29.3 Å². The van der Waals surface area contributed by atoms with E-state index in [1.807, 2.05) is 42.1 Å². The summed E-state index contributed by atoms with van der Waals surface area (Å²) in [7, 11) is 4.01. The summed E-state index contributed by atoms with van der Waals surface area (Å²) >= 11 is 0. The Morgan fingerprint density at radius 3 is 2.45 bits per heavy atom. The molecule has 1 aliphatic rings. The summed E-state index contributed by atoms with van der Waals surface area (Å²) in [6, 6.07) is 10.3. The van der Waals surface area contributed by atoms with Crippen LogP contribution in [-0.4, -0.2) is 73.5 Å². The van der Waals surface area contributed by atoms with E-state index in [-0.39, 0.29) is 29.9 Å². The van der Waals surface area contributed by atoms with Crippen LogP contribution in [0.1, 0.15) is 19.4 Å². The highest BCUT2D eigenvalue weighted by atomic mass is 127. The fourth-order valence-electron chi connectivity index (χ4n) is 3.41. The molecule has 29 heavy (non-hydrogen) atoms. The number of fused-ring (bicyclic) bond motifs is 1. The molecule has 1 aromatic carbocycles. The van der Waals surface area contributed by atoms with E-state index < -0.39 is 0 Å². The molecule has 0 bridgehead atoms. The van der Waals surface area contributed by atoms with Gasteiger partial charge in [0.2, 0.25) is 5.91 Å². The Kier molecular flexibility index (Phi) is 8.48. The van der Waals surface area contributed by atoms with Gasteiger partial charge in [-0.15, -0.1) is 24.0 Å². The van der Waals surface area contributed by atoms with Crippen molar-refractivity contribution in [3.63, 3.8) is 0 Å². The van der Waals surface area contributed by atoms with Crippen LogP contribution in [0.25, 0.3) is 10.9 Å². The van der Waals surface area contributed by atoms with Gasteiger partial charge in [0.1, 0.15) is 5.82 Å². The van der Waals surface area contributed by atoms with E-state index in [0.717, 1.165) is 61.0 Å². The van der Waals surface area contributed by atoms with Crippen molar-refractivity contribution in [2.75, 3.05) is 51.7 Å². The number of benzene rings is 1. The van der Waals surface area contributed by atoms with Crippen molar-refractivity contribution >= 4 is 52.6 Å². The Balaban J connectivity index is 0.00000300. The Morgan fingerprint density at radius 1 is 1.17 bits per heavy atom. The molecule has 158 valence electrons. The third-order valence-electron chi connectivity index (χ3n) is 5.01. The number of para-hydroxylation sites is 1. The van der Waals surface area contributed by atoms with Crippen LogP contribution in [-0.2, 0) is 11.3 Å². The minimum atomic E-state index is 0. The van der Waals surface area contributed by atoms with Crippen LogP contribution >= 0.6 is 24.0 Å². The number of hydrogen-bond donors (Lipinski definition) is 1. The third-order valence-corrected chi connectivity index (χ3v) is 5.01. The molecular formula is C21H31IN6O. The van der Waals surface area contributed by atoms with E-state index in [4.69, 9.17) is 9.98 Å². The predicted molar refractivity (Wildman–Crippen MR) is 130 cm³/mol. The van der Waals surface area contributed by atoms with E-state index in [9.17, 15) is 4.79 Å². The number of rotatable bonds is 4. The van der Waals surface area contributed by atoms with E-state index in [0.29, 0.717) is 6.54 Å². The highest BCUT2D eigenvalue weighted by molar-refractivity contribution is 14.0. The van der Waals surface area contributed by atoms with E-state index in [1.54, 1.807) is 6.92 Å². The number of halogens is 1. The molecule has 7 nitrogen and oxygen atoms in total. The molecule has 8 heteroatoms. The number of anilines is 1. The van der Waals surface area contributed by atoms with Crippen molar-refractivity contribution in [2.24, 2.45) is 4.99 Å². The molecular weight excluding hydrogens is 479 g/mol. The first kappa shape index (κ1) is 23.2. The fourth-order valence-corrected chi connectivity index (χ4v) is 3.41. The summed E-state index contributed by atoms with van der Waals surface area (Å²) in [5, 5.41) is 4.53. The van der Waals surface area contributed by atoms with Gasteiger partial charge in [-0.3, -0.25) is 4.79 Å². The van der Waals surface area contributed by atoms with Crippen molar-refractivity contribution in [1.29, 1.82) is 0 Å². The number of carbonyl (C=O) groups is 1. The van der Waals surface area contributed by atoms with Gasteiger partial charge in [0.05, 0.1) is 12.1 Å². The van der Waals surface area contributed by atoms with Gasteiger partial charge in [-0.25, -0.2) is 9.98 Å². The van der Waals surface area contributed by atoms with Crippen molar-refractivity contribution < 1.29 is 4.79 Å². The molecule has 2 heterocycles. The normalized spacial score (nSPS) is 14.6. The maximum Gasteiger partial charge on any atom is 0.219 e. The lowest BCUT2D eigenvalue weighted by atomic mass is 10.1. The first-order valence-corrected chi connectivity index (χ1v) is 9.84. The molecule has 3 rings (SSSR count). The molecule has 0 radical (unpaired) electrons. The third kappa shape index (κ3) is 5.71. The molecule has 1 N–H and O–H groups in total. The zero-order valence-electron chi connectivity index (χ0n) is 17.7. The zero-order chi connectivity index (χ0) is 20.1. The van der Waals surface area contributed by atoms with Crippen LogP contribution in [0, 0.1) is 0 Å². The first-order valence-electron chi connectivity index (χ1n) is 9.84. The number of pyridine rings is 1. The quantitative estimate of drug-likeness (QED) is 0.389. The van der Waals surface area contributed by atoms with Crippen LogP contribution < -0.4 is 10.2 Å². The van der Waals surface area contributed by atoms with Gasteiger partial charge in [-0.1, -0.05) is 18.2 Å². The van der Waals surface area contributed by atoms with Gasteiger partial charge in [0.25, 0.3) is 0 Å². The van der Waals surface area contributed by atoms with Crippen LogP contribution in [0.3, 0.4) is 0 Å². The number of carbonyl (C=O) groups excluding carboxylic acids is 1. The molecule has 0 spiro atoms. The van der Waals surface area contributed by atoms with E-state index in [1.165, 1.54) is 0 Å². The first-order chi connectivity index (χ1) is 13.5. The second kappa shape index (κ2) is 10.6. The Hall–Kier alpha value is -2.10. The highest BCUT2D eigenvalue weighted by Gasteiger charge is 2.21.